The van der Waals surface area contributed by atoms with Gasteiger partial charge in [-0.05, 0) is 68.1 Å². The molecule has 3 rings (SSSR count). The van der Waals surface area contributed by atoms with Gasteiger partial charge in [-0.3, -0.25) is 4.90 Å². The first kappa shape index (κ1) is 19.9. The molecule has 0 unspecified atom stereocenters. The van der Waals surface area contributed by atoms with Crippen LogP contribution >= 0.6 is 15.9 Å². The largest absolute Gasteiger partial charge is 0.443 e. The molecule has 0 radical (unpaired) electrons. The number of nitrogens with zero attached hydrogens (tertiary/aromatic N) is 1. The van der Waals surface area contributed by atoms with E-state index in [4.69, 9.17) is 4.74 Å². The van der Waals surface area contributed by atoms with E-state index < -0.39 is 5.60 Å². The van der Waals surface area contributed by atoms with Crippen LogP contribution in [0.3, 0.4) is 0 Å². The molecule has 0 aromatic heterocycles. The molecule has 2 aromatic carbocycles. The summed E-state index contributed by atoms with van der Waals surface area (Å²) < 4.78 is 19.8. The minimum absolute atomic E-state index is 0.164. The lowest BCUT2D eigenvalue weighted by Gasteiger charge is -2.26. The summed E-state index contributed by atoms with van der Waals surface area (Å²) in [6, 6.07) is 10.6. The molecule has 0 spiro atoms. The summed E-state index contributed by atoms with van der Waals surface area (Å²) in [6.07, 6.45) is 0.320. The highest BCUT2D eigenvalue weighted by Crippen LogP contribution is 2.44. The Labute approximate surface area is 168 Å². The molecule has 5 heteroatoms. The van der Waals surface area contributed by atoms with Crippen molar-refractivity contribution in [2.75, 3.05) is 11.4 Å². The number of halogens is 2. The number of hydrogen-bond donors (Lipinski definition) is 0. The van der Waals surface area contributed by atoms with Crippen molar-refractivity contribution < 1.29 is 13.9 Å². The van der Waals surface area contributed by atoms with Crippen LogP contribution in [0.2, 0.25) is 0 Å². The fourth-order valence-corrected chi connectivity index (χ4v) is 3.86. The standard InChI is InChI=1S/C22H25BrFNO2/c1-21(2,3)27-20(26)25-13-22(4,5)17-12-18(23)15(11-19(17)25)10-14-6-8-16(24)9-7-14/h6-9,11-12H,10,13H2,1-5H3. The number of rotatable bonds is 2. The van der Waals surface area contributed by atoms with E-state index >= 15 is 0 Å². The third-order valence-electron chi connectivity index (χ3n) is 4.66. The molecule has 1 amide bonds. The molecule has 144 valence electrons. The number of anilines is 1. The lowest BCUT2D eigenvalue weighted by Crippen LogP contribution is -2.38. The average Bonchev–Trinajstić information content (AvgIpc) is 2.80. The lowest BCUT2D eigenvalue weighted by atomic mass is 9.86. The number of ether oxygens (including phenoxy) is 1. The monoisotopic (exact) mass is 433 g/mol. The maximum absolute atomic E-state index is 13.2. The minimum Gasteiger partial charge on any atom is -0.443 e. The molecule has 0 fully saturated rings. The topological polar surface area (TPSA) is 29.5 Å². The van der Waals surface area contributed by atoms with Gasteiger partial charge in [-0.15, -0.1) is 0 Å². The Morgan fingerprint density at radius 1 is 1.22 bits per heavy atom. The summed E-state index contributed by atoms with van der Waals surface area (Å²) in [5, 5.41) is 0. The Bertz CT molecular complexity index is 869. The molecule has 0 aliphatic carbocycles. The SMILES string of the molecule is CC(C)(C)OC(=O)N1CC(C)(C)c2cc(Br)c(Cc3ccc(F)cc3)cc21. The van der Waals surface area contributed by atoms with E-state index in [2.05, 4.69) is 35.8 Å². The van der Waals surface area contributed by atoms with Crippen molar-refractivity contribution in [1.82, 2.24) is 0 Å². The highest BCUT2D eigenvalue weighted by Gasteiger charge is 2.40. The van der Waals surface area contributed by atoms with E-state index in [1.165, 1.54) is 12.1 Å². The number of hydrogen-bond acceptors (Lipinski definition) is 2. The zero-order valence-corrected chi connectivity index (χ0v) is 18.0. The van der Waals surface area contributed by atoms with E-state index in [1.54, 1.807) is 17.0 Å². The molecule has 0 atom stereocenters. The average molecular weight is 434 g/mol. The highest BCUT2D eigenvalue weighted by molar-refractivity contribution is 9.10. The van der Waals surface area contributed by atoms with E-state index in [1.807, 2.05) is 26.8 Å². The Morgan fingerprint density at radius 2 is 1.85 bits per heavy atom. The van der Waals surface area contributed by atoms with Gasteiger partial charge < -0.3 is 4.74 Å². The molecule has 27 heavy (non-hydrogen) atoms. The Balaban J connectivity index is 1.97. The summed E-state index contributed by atoms with van der Waals surface area (Å²) in [5.41, 5.74) is 3.35. The molecule has 1 heterocycles. The number of amides is 1. The van der Waals surface area contributed by atoms with Crippen molar-refractivity contribution >= 4 is 27.7 Å². The van der Waals surface area contributed by atoms with Gasteiger partial charge in [0.25, 0.3) is 0 Å². The Kier molecular flexibility index (Phi) is 5.10. The van der Waals surface area contributed by atoms with Crippen molar-refractivity contribution in [2.24, 2.45) is 0 Å². The molecule has 1 aliphatic heterocycles. The van der Waals surface area contributed by atoms with Crippen LogP contribution < -0.4 is 4.90 Å². The van der Waals surface area contributed by atoms with Crippen LogP contribution in [0.1, 0.15) is 51.3 Å². The second-order valence-electron chi connectivity index (χ2n) is 8.71. The van der Waals surface area contributed by atoms with Crippen LogP contribution in [-0.4, -0.2) is 18.2 Å². The fraction of sp³-hybridized carbons (Fsp3) is 0.409. The molecule has 0 saturated carbocycles. The van der Waals surface area contributed by atoms with Crippen molar-refractivity contribution in [1.29, 1.82) is 0 Å². The predicted octanol–water partition coefficient (Wildman–Crippen LogP) is 6.21. The molecule has 0 bridgehead atoms. The smallest absolute Gasteiger partial charge is 0.414 e. The van der Waals surface area contributed by atoms with Crippen LogP contribution in [0.4, 0.5) is 14.9 Å². The van der Waals surface area contributed by atoms with Gasteiger partial charge in [0.05, 0.1) is 5.69 Å². The molecular weight excluding hydrogens is 409 g/mol. The van der Waals surface area contributed by atoms with E-state index in [-0.39, 0.29) is 17.3 Å². The van der Waals surface area contributed by atoms with Crippen molar-refractivity contribution in [2.45, 2.75) is 52.1 Å². The maximum Gasteiger partial charge on any atom is 0.414 e. The van der Waals surface area contributed by atoms with E-state index in [0.29, 0.717) is 13.0 Å². The third kappa shape index (κ3) is 4.34. The third-order valence-corrected chi connectivity index (χ3v) is 5.40. The van der Waals surface area contributed by atoms with Gasteiger partial charge in [-0.2, -0.15) is 0 Å². The normalized spacial score (nSPS) is 15.6. The maximum atomic E-state index is 13.2. The second kappa shape index (κ2) is 6.93. The summed E-state index contributed by atoms with van der Waals surface area (Å²) in [4.78, 5) is 14.5. The first-order valence-electron chi connectivity index (χ1n) is 9.04. The van der Waals surface area contributed by atoms with Crippen molar-refractivity contribution in [3.63, 3.8) is 0 Å². The van der Waals surface area contributed by atoms with Gasteiger partial charge in [0.15, 0.2) is 0 Å². The predicted molar refractivity (Wildman–Crippen MR) is 110 cm³/mol. The number of fused-ring (bicyclic) bond motifs is 1. The molecule has 0 saturated heterocycles. The van der Waals surface area contributed by atoms with Crippen LogP contribution in [0.15, 0.2) is 40.9 Å². The number of carbonyl (C=O) groups excluding carboxylic acids is 1. The van der Waals surface area contributed by atoms with Gasteiger partial charge in [0, 0.05) is 16.4 Å². The van der Waals surface area contributed by atoms with E-state index in [0.717, 1.165) is 26.9 Å². The van der Waals surface area contributed by atoms with Crippen LogP contribution in [0, 0.1) is 5.82 Å². The lowest BCUT2D eigenvalue weighted by molar-refractivity contribution is 0.0579. The van der Waals surface area contributed by atoms with Gasteiger partial charge in [0.2, 0.25) is 0 Å². The molecule has 1 aliphatic rings. The zero-order valence-electron chi connectivity index (χ0n) is 16.4. The first-order valence-corrected chi connectivity index (χ1v) is 9.83. The second-order valence-corrected chi connectivity index (χ2v) is 9.57. The van der Waals surface area contributed by atoms with Crippen LogP contribution in [-0.2, 0) is 16.6 Å². The van der Waals surface area contributed by atoms with Crippen LogP contribution in [0.5, 0.6) is 0 Å². The quantitative estimate of drug-likeness (QED) is 0.562. The van der Waals surface area contributed by atoms with Gasteiger partial charge in [-0.1, -0.05) is 41.9 Å². The number of benzene rings is 2. The van der Waals surface area contributed by atoms with E-state index in [9.17, 15) is 9.18 Å². The van der Waals surface area contributed by atoms with Crippen molar-refractivity contribution in [3.8, 4) is 0 Å². The molecule has 0 N–H and O–H groups in total. The van der Waals surface area contributed by atoms with Gasteiger partial charge in [0.1, 0.15) is 11.4 Å². The molecule has 2 aromatic rings. The highest BCUT2D eigenvalue weighted by atomic mass is 79.9. The number of carbonyl (C=O) groups is 1. The summed E-state index contributed by atoms with van der Waals surface area (Å²) in [6.45, 7) is 10.4. The minimum atomic E-state index is -0.545. The zero-order chi connectivity index (χ0) is 20.0. The summed E-state index contributed by atoms with van der Waals surface area (Å²) >= 11 is 3.67. The first-order chi connectivity index (χ1) is 12.5. The Morgan fingerprint density at radius 3 is 2.44 bits per heavy atom. The van der Waals surface area contributed by atoms with Crippen molar-refractivity contribution in [3.05, 3.63) is 63.4 Å². The van der Waals surface area contributed by atoms with Gasteiger partial charge in [-0.25, -0.2) is 9.18 Å². The summed E-state index contributed by atoms with van der Waals surface area (Å²) in [7, 11) is 0. The molecular formula is C22H25BrFNO2. The molecule has 3 nitrogen and oxygen atoms in total. The fourth-order valence-electron chi connectivity index (χ4n) is 3.37. The Hall–Kier alpha value is -1.88. The van der Waals surface area contributed by atoms with Gasteiger partial charge >= 0.3 is 6.09 Å². The van der Waals surface area contributed by atoms with Crippen LogP contribution in [0.25, 0.3) is 0 Å². The summed E-state index contributed by atoms with van der Waals surface area (Å²) in [5.74, 6) is -0.246.